The Bertz CT molecular complexity index is 327. The largest absolute Gasteiger partial charge is 0.480 e. The second-order valence-corrected chi connectivity index (χ2v) is 4.60. The van der Waals surface area contributed by atoms with Gasteiger partial charge in [-0.05, 0) is 25.5 Å². The van der Waals surface area contributed by atoms with E-state index in [-0.39, 0.29) is 0 Å². The first-order valence-corrected chi connectivity index (χ1v) is 5.57. The molecule has 4 nitrogen and oxygen atoms in total. The fourth-order valence-electron chi connectivity index (χ4n) is 0.907. The number of pyridine rings is 1. The van der Waals surface area contributed by atoms with Crippen molar-refractivity contribution in [3.63, 3.8) is 0 Å². The molecule has 0 aliphatic heterocycles. The number of carboxylic acids is 1. The summed E-state index contributed by atoms with van der Waals surface area (Å²) in [6.07, 6.45) is 2.13. The highest BCUT2D eigenvalue weighted by Gasteiger charge is 2.27. The van der Waals surface area contributed by atoms with E-state index in [2.05, 4.69) is 4.98 Å². The second-order valence-electron chi connectivity index (χ2n) is 3.49. The minimum Gasteiger partial charge on any atom is -0.480 e. The molecular weight excluding hydrogens is 212 g/mol. The van der Waals surface area contributed by atoms with Crippen LogP contribution in [0.5, 0.6) is 0 Å². The average Bonchev–Trinajstić information content (AvgIpc) is 2.19. The number of nitrogens with two attached hydrogens (primary N) is 1. The highest BCUT2D eigenvalue weighted by molar-refractivity contribution is 7.99. The van der Waals surface area contributed by atoms with Crippen LogP contribution in [0.1, 0.15) is 13.3 Å². The van der Waals surface area contributed by atoms with E-state index >= 15 is 0 Å². The molecule has 5 heteroatoms. The minimum absolute atomic E-state index is 0.420. The summed E-state index contributed by atoms with van der Waals surface area (Å²) in [6.45, 7) is 1.52. The van der Waals surface area contributed by atoms with Crippen LogP contribution in [0.3, 0.4) is 0 Å². The molecule has 0 amide bonds. The van der Waals surface area contributed by atoms with Crippen molar-refractivity contribution < 1.29 is 9.90 Å². The average molecular weight is 226 g/mol. The number of thioether (sulfide) groups is 1. The van der Waals surface area contributed by atoms with Crippen LogP contribution < -0.4 is 5.73 Å². The SMILES string of the molecule is CC(N)(CCSc1ccccn1)C(=O)O. The van der Waals surface area contributed by atoms with Crippen molar-refractivity contribution in [3.8, 4) is 0 Å². The number of aromatic nitrogens is 1. The lowest BCUT2D eigenvalue weighted by Crippen LogP contribution is -2.45. The van der Waals surface area contributed by atoms with Gasteiger partial charge in [0.15, 0.2) is 0 Å². The second kappa shape index (κ2) is 5.14. The van der Waals surface area contributed by atoms with Crippen LogP contribution in [-0.4, -0.2) is 27.4 Å². The molecule has 0 aliphatic rings. The quantitative estimate of drug-likeness (QED) is 0.741. The van der Waals surface area contributed by atoms with Gasteiger partial charge in [-0.1, -0.05) is 6.07 Å². The van der Waals surface area contributed by atoms with Crippen LogP contribution in [0.25, 0.3) is 0 Å². The normalized spacial score (nSPS) is 14.5. The lowest BCUT2D eigenvalue weighted by Gasteiger charge is -2.18. The Morgan fingerprint density at radius 3 is 2.93 bits per heavy atom. The van der Waals surface area contributed by atoms with Crippen molar-refractivity contribution in [3.05, 3.63) is 24.4 Å². The van der Waals surface area contributed by atoms with E-state index in [1.807, 2.05) is 18.2 Å². The number of nitrogens with zero attached hydrogens (tertiary/aromatic N) is 1. The number of rotatable bonds is 5. The van der Waals surface area contributed by atoms with E-state index in [4.69, 9.17) is 10.8 Å². The molecule has 1 heterocycles. The van der Waals surface area contributed by atoms with E-state index in [9.17, 15) is 4.79 Å². The monoisotopic (exact) mass is 226 g/mol. The molecule has 3 N–H and O–H groups in total. The molecule has 0 radical (unpaired) electrons. The summed E-state index contributed by atoms with van der Waals surface area (Å²) < 4.78 is 0. The molecule has 1 rings (SSSR count). The Balaban J connectivity index is 2.37. The van der Waals surface area contributed by atoms with Crippen LogP contribution in [0, 0.1) is 0 Å². The van der Waals surface area contributed by atoms with Gasteiger partial charge in [0.25, 0.3) is 0 Å². The molecule has 15 heavy (non-hydrogen) atoms. The third kappa shape index (κ3) is 3.89. The number of hydrogen-bond acceptors (Lipinski definition) is 4. The lowest BCUT2D eigenvalue weighted by atomic mass is 10.0. The van der Waals surface area contributed by atoms with E-state index in [1.54, 1.807) is 6.20 Å². The minimum atomic E-state index is -1.15. The molecule has 1 atom stereocenters. The van der Waals surface area contributed by atoms with Gasteiger partial charge in [-0.15, -0.1) is 11.8 Å². The Morgan fingerprint density at radius 2 is 2.40 bits per heavy atom. The molecule has 0 spiro atoms. The smallest absolute Gasteiger partial charge is 0.323 e. The summed E-state index contributed by atoms with van der Waals surface area (Å²) in [5.41, 5.74) is 4.44. The number of carboxylic acid groups (broad SMARTS) is 1. The van der Waals surface area contributed by atoms with Crippen molar-refractivity contribution in [2.75, 3.05) is 5.75 Å². The van der Waals surface area contributed by atoms with E-state index < -0.39 is 11.5 Å². The zero-order chi connectivity index (χ0) is 11.3. The Morgan fingerprint density at radius 1 is 1.67 bits per heavy atom. The number of hydrogen-bond donors (Lipinski definition) is 2. The summed E-state index contributed by atoms with van der Waals surface area (Å²) in [5, 5.41) is 9.68. The van der Waals surface area contributed by atoms with Gasteiger partial charge in [0.2, 0.25) is 0 Å². The van der Waals surface area contributed by atoms with E-state index in [0.717, 1.165) is 5.03 Å². The van der Waals surface area contributed by atoms with Gasteiger partial charge in [-0.3, -0.25) is 4.79 Å². The van der Waals surface area contributed by atoms with Crippen molar-refractivity contribution in [1.29, 1.82) is 0 Å². The van der Waals surface area contributed by atoms with Crippen LogP contribution >= 0.6 is 11.8 Å². The first kappa shape index (κ1) is 12.0. The maximum absolute atomic E-state index is 10.7. The fraction of sp³-hybridized carbons (Fsp3) is 0.400. The van der Waals surface area contributed by atoms with Crippen molar-refractivity contribution in [2.45, 2.75) is 23.9 Å². The third-order valence-corrected chi connectivity index (χ3v) is 2.94. The molecule has 1 aromatic rings. The molecule has 0 bridgehead atoms. The van der Waals surface area contributed by atoms with Crippen LogP contribution in [-0.2, 0) is 4.79 Å². The summed E-state index contributed by atoms with van der Waals surface area (Å²) in [5.74, 6) is -0.319. The van der Waals surface area contributed by atoms with Gasteiger partial charge >= 0.3 is 5.97 Å². The zero-order valence-corrected chi connectivity index (χ0v) is 9.33. The summed E-state index contributed by atoms with van der Waals surface area (Å²) in [7, 11) is 0. The van der Waals surface area contributed by atoms with Gasteiger partial charge in [-0.2, -0.15) is 0 Å². The maximum Gasteiger partial charge on any atom is 0.323 e. The maximum atomic E-state index is 10.7. The van der Waals surface area contributed by atoms with Crippen LogP contribution in [0.15, 0.2) is 29.4 Å². The lowest BCUT2D eigenvalue weighted by molar-refractivity contribution is -0.142. The van der Waals surface area contributed by atoms with Crippen LogP contribution in [0.2, 0.25) is 0 Å². The highest BCUT2D eigenvalue weighted by atomic mass is 32.2. The summed E-state index contributed by atoms with van der Waals surface area (Å²) in [6, 6.07) is 5.63. The first-order valence-electron chi connectivity index (χ1n) is 4.58. The summed E-state index contributed by atoms with van der Waals surface area (Å²) in [4.78, 5) is 14.8. The predicted molar refractivity (Wildman–Crippen MR) is 59.8 cm³/mol. The predicted octanol–water partition coefficient (Wildman–Crippen LogP) is 1.37. The van der Waals surface area contributed by atoms with Crippen molar-refractivity contribution in [2.24, 2.45) is 5.73 Å². The molecule has 1 aromatic heterocycles. The molecule has 0 fully saturated rings. The third-order valence-electron chi connectivity index (χ3n) is 2.00. The number of carbonyl (C=O) groups is 1. The standard InChI is InChI=1S/C10H14N2O2S/c1-10(11,9(13)14)5-7-15-8-4-2-3-6-12-8/h2-4,6H,5,7,11H2,1H3,(H,13,14). The van der Waals surface area contributed by atoms with E-state index in [1.165, 1.54) is 18.7 Å². The topological polar surface area (TPSA) is 76.2 Å². The van der Waals surface area contributed by atoms with Crippen LogP contribution in [0.4, 0.5) is 0 Å². The molecule has 0 saturated heterocycles. The van der Waals surface area contributed by atoms with Gasteiger partial charge < -0.3 is 10.8 Å². The number of aliphatic carboxylic acids is 1. The van der Waals surface area contributed by atoms with Crippen molar-refractivity contribution in [1.82, 2.24) is 4.98 Å². The Labute approximate surface area is 92.9 Å². The highest BCUT2D eigenvalue weighted by Crippen LogP contribution is 2.18. The molecule has 0 aromatic carbocycles. The first-order chi connectivity index (χ1) is 7.02. The molecule has 0 saturated carbocycles. The molecule has 82 valence electrons. The van der Waals surface area contributed by atoms with Gasteiger partial charge in [-0.25, -0.2) is 4.98 Å². The molecular formula is C10H14N2O2S. The Kier molecular flexibility index (Phi) is 4.11. The fourth-order valence-corrected chi connectivity index (χ4v) is 1.95. The van der Waals surface area contributed by atoms with Gasteiger partial charge in [0.1, 0.15) is 5.54 Å². The molecule has 0 aliphatic carbocycles. The zero-order valence-electron chi connectivity index (χ0n) is 8.51. The van der Waals surface area contributed by atoms with Crippen molar-refractivity contribution >= 4 is 17.7 Å². The van der Waals surface area contributed by atoms with E-state index in [0.29, 0.717) is 12.2 Å². The summed E-state index contributed by atoms with van der Waals surface area (Å²) >= 11 is 1.51. The Hall–Kier alpha value is -1.07. The molecule has 1 unspecified atom stereocenters. The van der Waals surface area contributed by atoms with Gasteiger partial charge in [0.05, 0.1) is 5.03 Å². The van der Waals surface area contributed by atoms with Gasteiger partial charge in [0, 0.05) is 11.9 Å².